The molecule has 2 aromatic rings. The molecular formula is C15H19N3O3. The van der Waals surface area contributed by atoms with Crippen LogP contribution in [0.2, 0.25) is 0 Å². The number of amides is 1. The highest BCUT2D eigenvalue weighted by atomic mass is 16.5. The van der Waals surface area contributed by atoms with E-state index < -0.39 is 6.04 Å². The third kappa shape index (κ3) is 3.61. The molecule has 6 heteroatoms. The molecule has 2 rings (SSSR count). The SMILES string of the molecule is CCC[C@H](N)C(=O)Nc1ccc(-c2cnco2)c(OC)c1. The molecule has 0 unspecified atom stereocenters. The van der Waals surface area contributed by atoms with Crippen LogP contribution in [0.3, 0.4) is 0 Å². The molecule has 6 nitrogen and oxygen atoms in total. The lowest BCUT2D eigenvalue weighted by molar-refractivity contribution is -0.117. The summed E-state index contributed by atoms with van der Waals surface area (Å²) >= 11 is 0. The summed E-state index contributed by atoms with van der Waals surface area (Å²) in [6.07, 6.45) is 4.48. The number of methoxy groups -OCH3 is 1. The summed E-state index contributed by atoms with van der Waals surface area (Å²) in [4.78, 5) is 15.8. The van der Waals surface area contributed by atoms with E-state index in [-0.39, 0.29) is 5.91 Å². The molecule has 21 heavy (non-hydrogen) atoms. The molecule has 1 amide bonds. The van der Waals surface area contributed by atoms with Gasteiger partial charge in [0.15, 0.2) is 12.2 Å². The number of carbonyl (C=O) groups is 1. The minimum Gasteiger partial charge on any atom is -0.496 e. The Morgan fingerprint density at radius 2 is 2.33 bits per heavy atom. The maximum Gasteiger partial charge on any atom is 0.241 e. The standard InChI is InChI=1S/C15H19N3O3/c1-3-4-12(16)15(19)18-10-5-6-11(13(7-10)20-2)14-8-17-9-21-14/h5-9,12H,3-4,16H2,1-2H3,(H,18,19)/t12-/m0/s1. The Hall–Kier alpha value is -2.34. The van der Waals surface area contributed by atoms with Crippen molar-refractivity contribution in [2.24, 2.45) is 5.73 Å². The normalized spacial score (nSPS) is 12.0. The molecule has 112 valence electrons. The van der Waals surface area contributed by atoms with Gasteiger partial charge in [0.2, 0.25) is 5.91 Å². The summed E-state index contributed by atoms with van der Waals surface area (Å²) < 4.78 is 10.6. The minimum absolute atomic E-state index is 0.202. The Morgan fingerprint density at radius 1 is 1.52 bits per heavy atom. The maximum atomic E-state index is 11.9. The number of nitrogens with zero attached hydrogens (tertiary/aromatic N) is 1. The molecular weight excluding hydrogens is 270 g/mol. The quantitative estimate of drug-likeness (QED) is 0.852. The topological polar surface area (TPSA) is 90.4 Å². The van der Waals surface area contributed by atoms with E-state index in [2.05, 4.69) is 10.3 Å². The van der Waals surface area contributed by atoms with Crippen LogP contribution in [-0.4, -0.2) is 24.0 Å². The summed E-state index contributed by atoms with van der Waals surface area (Å²) in [6, 6.07) is 4.81. The Morgan fingerprint density at radius 3 is 2.95 bits per heavy atom. The average Bonchev–Trinajstić information content (AvgIpc) is 3.01. The third-order valence-corrected chi connectivity index (χ3v) is 3.10. The minimum atomic E-state index is -0.505. The summed E-state index contributed by atoms with van der Waals surface area (Å²) in [5.41, 5.74) is 7.19. The lowest BCUT2D eigenvalue weighted by atomic mass is 10.1. The van der Waals surface area contributed by atoms with Crippen molar-refractivity contribution in [3.63, 3.8) is 0 Å². The largest absolute Gasteiger partial charge is 0.496 e. The molecule has 1 aromatic heterocycles. The number of rotatable bonds is 6. The van der Waals surface area contributed by atoms with Crippen molar-refractivity contribution in [1.82, 2.24) is 4.98 Å². The van der Waals surface area contributed by atoms with Crippen molar-refractivity contribution in [1.29, 1.82) is 0 Å². The van der Waals surface area contributed by atoms with Crippen LogP contribution in [0.4, 0.5) is 5.69 Å². The number of hydrogen-bond donors (Lipinski definition) is 2. The second-order valence-corrected chi connectivity index (χ2v) is 4.67. The van der Waals surface area contributed by atoms with Gasteiger partial charge in [0, 0.05) is 11.8 Å². The maximum absolute atomic E-state index is 11.9. The number of carbonyl (C=O) groups excluding carboxylic acids is 1. The molecule has 0 aliphatic heterocycles. The second kappa shape index (κ2) is 6.90. The summed E-state index contributed by atoms with van der Waals surface area (Å²) in [6.45, 7) is 1.99. The van der Waals surface area contributed by atoms with Gasteiger partial charge in [-0.25, -0.2) is 4.98 Å². The molecule has 0 saturated heterocycles. The third-order valence-electron chi connectivity index (χ3n) is 3.10. The highest BCUT2D eigenvalue weighted by molar-refractivity contribution is 5.95. The number of anilines is 1. The molecule has 0 radical (unpaired) electrons. The Labute approximate surface area is 123 Å². The van der Waals surface area contributed by atoms with Gasteiger partial charge in [-0.15, -0.1) is 0 Å². The van der Waals surface area contributed by atoms with E-state index in [9.17, 15) is 4.79 Å². The number of hydrogen-bond acceptors (Lipinski definition) is 5. The zero-order chi connectivity index (χ0) is 15.2. The molecule has 0 fully saturated rings. The molecule has 3 N–H and O–H groups in total. The molecule has 0 saturated carbocycles. The predicted molar refractivity (Wildman–Crippen MR) is 80.0 cm³/mol. The zero-order valence-corrected chi connectivity index (χ0v) is 12.1. The van der Waals surface area contributed by atoms with Gasteiger partial charge in [0.05, 0.1) is 24.9 Å². The molecule has 1 heterocycles. The van der Waals surface area contributed by atoms with Crippen molar-refractivity contribution in [3.05, 3.63) is 30.8 Å². The fourth-order valence-electron chi connectivity index (χ4n) is 2.00. The van der Waals surface area contributed by atoms with E-state index in [1.807, 2.05) is 6.92 Å². The van der Waals surface area contributed by atoms with Gasteiger partial charge in [-0.05, 0) is 18.6 Å². The lowest BCUT2D eigenvalue weighted by Gasteiger charge is -2.13. The lowest BCUT2D eigenvalue weighted by Crippen LogP contribution is -2.35. The summed E-state index contributed by atoms with van der Waals surface area (Å²) in [5.74, 6) is 0.993. The van der Waals surface area contributed by atoms with Crippen molar-refractivity contribution < 1.29 is 13.9 Å². The van der Waals surface area contributed by atoms with Crippen LogP contribution in [0.1, 0.15) is 19.8 Å². The molecule has 0 bridgehead atoms. The van der Waals surface area contributed by atoms with Crippen molar-refractivity contribution in [3.8, 4) is 17.1 Å². The molecule has 0 spiro atoms. The van der Waals surface area contributed by atoms with Crippen LogP contribution in [0.25, 0.3) is 11.3 Å². The fourth-order valence-corrected chi connectivity index (χ4v) is 2.00. The summed E-state index contributed by atoms with van der Waals surface area (Å²) in [7, 11) is 1.56. The summed E-state index contributed by atoms with van der Waals surface area (Å²) in [5, 5.41) is 2.78. The molecule has 1 atom stereocenters. The Kier molecular flexibility index (Phi) is 4.94. The number of nitrogens with one attached hydrogen (secondary N) is 1. The van der Waals surface area contributed by atoms with Crippen LogP contribution in [0, 0.1) is 0 Å². The zero-order valence-electron chi connectivity index (χ0n) is 12.1. The van der Waals surface area contributed by atoms with Crippen LogP contribution >= 0.6 is 0 Å². The van der Waals surface area contributed by atoms with E-state index in [1.54, 1.807) is 31.5 Å². The van der Waals surface area contributed by atoms with Crippen LogP contribution < -0.4 is 15.8 Å². The van der Waals surface area contributed by atoms with E-state index in [0.717, 1.165) is 12.0 Å². The second-order valence-electron chi connectivity index (χ2n) is 4.67. The highest BCUT2D eigenvalue weighted by Gasteiger charge is 2.14. The van der Waals surface area contributed by atoms with Gasteiger partial charge >= 0.3 is 0 Å². The van der Waals surface area contributed by atoms with E-state index >= 15 is 0 Å². The predicted octanol–water partition coefficient (Wildman–Crippen LogP) is 2.42. The first-order valence-corrected chi connectivity index (χ1v) is 6.79. The fraction of sp³-hybridized carbons (Fsp3) is 0.333. The highest BCUT2D eigenvalue weighted by Crippen LogP contribution is 2.32. The van der Waals surface area contributed by atoms with Gasteiger partial charge < -0.3 is 20.2 Å². The first kappa shape index (κ1) is 15.1. The van der Waals surface area contributed by atoms with Crippen molar-refractivity contribution >= 4 is 11.6 Å². The Balaban J connectivity index is 2.18. The monoisotopic (exact) mass is 289 g/mol. The average molecular weight is 289 g/mol. The first-order valence-electron chi connectivity index (χ1n) is 6.79. The number of nitrogens with two attached hydrogens (primary N) is 1. The van der Waals surface area contributed by atoms with Crippen molar-refractivity contribution in [2.75, 3.05) is 12.4 Å². The van der Waals surface area contributed by atoms with Gasteiger partial charge in [-0.3, -0.25) is 4.79 Å². The van der Waals surface area contributed by atoms with Crippen LogP contribution in [0.5, 0.6) is 5.75 Å². The van der Waals surface area contributed by atoms with Crippen LogP contribution in [-0.2, 0) is 4.79 Å². The van der Waals surface area contributed by atoms with Gasteiger partial charge in [0.1, 0.15) is 5.75 Å². The van der Waals surface area contributed by atoms with Gasteiger partial charge in [-0.1, -0.05) is 13.3 Å². The van der Waals surface area contributed by atoms with Gasteiger partial charge in [0.25, 0.3) is 0 Å². The number of aromatic nitrogens is 1. The molecule has 1 aromatic carbocycles. The number of oxazole rings is 1. The molecule has 0 aliphatic carbocycles. The Bertz CT molecular complexity index is 596. The van der Waals surface area contributed by atoms with E-state index in [1.165, 1.54) is 6.39 Å². The molecule has 0 aliphatic rings. The first-order chi connectivity index (χ1) is 10.2. The van der Waals surface area contributed by atoms with Crippen molar-refractivity contribution in [2.45, 2.75) is 25.8 Å². The van der Waals surface area contributed by atoms with E-state index in [0.29, 0.717) is 23.6 Å². The van der Waals surface area contributed by atoms with E-state index in [4.69, 9.17) is 14.9 Å². The smallest absolute Gasteiger partial charge is 0.241 e. The number of benzene rings is 1. The van der Waals surface area contributed by atoms with Crippen LogP contribution in [0.15, 0.2) is 35.2 Å². The number of ether oxygens (including phenoxy) is 1. The van der Waals surface area contributed by atoms with Gasteiger partial charge in [-0.2, -0.15) is 0 Å².